The molecule has 0 atom stereocenters. The van der Waals surface area contributed by atoms with E-state index in [1.54, 1.807) is 31.3 Å². The highest BCUT2D eigenvalue weighted by Gasteiger charge is 2.23. The molecule has 0 aliphatic carbocycles. The average molecular weight is 519 g/mol. The van der Waals surface area contributed by atoms with Gasteiger partial charge in [0.15, 0.2) is 5.82 Å². The molecule has 2 aromatic carbocycles. The van der Waals surface area contributed by atoms with Crippen molar-refractivity contribution in [2.45, 2.75) is 19.8 Å². The molecule has 2 heterocycles. The number of carbonyl (C=O) groups is 1. The number of aromatic amines is 1. The lowest BCUT2D eigenvalue weighted by Gasteiger charge is -2.12. The van der Waals surface area contributed by atoms with Crippen molar-refractivity contribution in [3.8, 4) is 0 Å². The number of benzene rings is 2. The summed E-state index contributed by atoms with van der Waals surface area (Å²) >= 11 is 5.94. The van der Waals surface area contributed by atoms with Crippen LogP contribution >= 0.6 is 11.6 Å². The Balaban J connectivity index is 1.60. The zero-order valence-electron chi connectivity index (χ0n) is 18.5. The Hall–Kier alpha value is -3.50. The van der Waals surface area contributed by atoms with Crippen LogP contribution in [-0.2, 0) is 16.4 Å². The number of hydrogen-bond acceptors (Lipinski definition) is 4. The first-order chi connectivity index (χ1) is 16.7. The molecular weight excluding hydrogens is 498 g/mol. The molecule has 35 heavy (non-hydrogen) atoms. The number of halogens is 3. The lowest BCUT2D eigenvalue weighted by atomic mass is 10.1. The minimum absolute atomic E-state index is 0.218. The van der Waals surface area contributed by atoms with Gasteiger partial charge in [0.25, 0.3) is 5.91 Å². The molecule has 0 radical (unpaired) electrons. The largest absolute Gasteiger partial charge is 0.346 e. The van der Waals surface area contributed by atoms with Gasteiger partial charge in [0, 0.05) is 16.6 Å². The Labute approximate surface area is 205 Å². The van der Waals surface area contributed by atoms with Gasteiger partial charge in [-0.2, -0.15) is 0 Å². The maximum atomic E-state index is 14.9. The number of nitrogens with zero attached hydrogens (tertiary/aromatic N) is 1. The number of carbonyl (C=O) groups excluding carboxylic acids is 1. The fourth-order valence-electron chi connectivity index (χ4n) is 3.61. The minimum Gasteiger partial charge on any atom is -0.346 e. The summed E-state index contributed by atoms with van der Waals surface area (Å²) < 4.78 is 55.4. The minimum atomic E-state index is -3.84. The number of nitrogens with one attached hydrogen (secondary N) is 3. The highest BCUT2D eigenvalue weighted by atomic mass is 35.5. The van der Waals surface area contributed by atoms with E-state index in [1.165, 1.54) is 6.20 Å². The first-order valence-corrected chi connectivity index (χ1v) is 12.7. The van der Waals surface area contributed by atoms with Gasteiger partial charge in [-0.25, -0.2) is 22.2 Å². The van der Waals surface area contributed by atoms with E-state index in [0.29, 0.717) is 23.5 Å². The van der Waals surface area contributed by atoms with Crippen LogP contribution in [-0.4, -0.2) is 30.0 Å². The van der Waals surface area contributed by atoms with E-state index in [4.69, 9.17) is 11.6 Å². The van der Waals surface area contributed by atoms with E-state index in [9.17, 15) is 22.0 Å². The van der Waals surface area contributed by atoms with Gasteiger partial charge in [-0.05, 0) is 54.3 Å². The third kappa shape index (κ3) is 5.60. The Morgan fingerprint density at radius 3 is 2.60 bits per heavy atom. The predicted molar refractivity (Wildman–Crippen MR) is 132 cm³/mol. The summed E-state index contributed by atoms with van der Waals surface area (Å²) in [5.74, 6) is -3.75. The Morgan fingerprint density at radius 2 is 1.89 bits per heavy atom. The molecule has 0 bridgehead atoms. The monoisotopic (exact) mass is 518 g/mol. The number of pyridine rings is 1. The van der Waals surface area contributed by atoms with Crippen molar-refractivity contribution in [2.75, 3.05) is 15.8 Å². The van der Waals surface area contributed by atoms with Crippen LogP contribution in [0.4, 0.5) is 20.2 Å². The van der Waals surface area contributed by atoms with E-state index < -0.39 is 38.8 Å². The van der Waals surface area contributed by atoms with Gasteiger partial charge in [0.05, 0.1) is 23.3 Å². The number of fused-ring (bicyclic) bond motifs is 1. The normalized spacial score (nSPS) is 11.5. The molecule has 2 aromatic heterocycles. The van der Waals surface area contributed by atoms with Crippen LogP contribution in [0.5, 0.6) is 0 Å². The van der Waals surface area contributed by atoms with E-state index in [2.05, 4.69) is 20.0 Å². The first kappa shape index (κ1) is 24.6. The van der Waals surface area contributed by atoms with Gasteiger partial charge in [0.1, 0.15) is 17.0 Å². The van der Waals surface area contributed by atoms with Crippen LogP contribution in [0.25, 0.3) is 11.0 Å². The van der Waals surface area contributed by atoms with Crippen molar-refractivity contribution in [2.24, 2.45) is 0 Å². The van der Waals surface area contributed by atoms with Gasteiger partial charge in [-0.15, -0.1) is 0 Å². The molecule has 0 aliphatic rings. The second kappa shape index (κ2) is 10.0. The fraction of sp³-hybridized carbons (Fsp3) is 0.167. The maximum Gasteiger partial charge on any atom is 0.261 e. The Bertz CT molecular complexity index is 1510. The zero-order chi connectivity index (χ0) is 25.2. The van der Waals surface area contributed by atoms with Gasteiger partial charge >= 0.3 is 0 Å². The smallest absolute Gasteiger partial charge is 0.261 e. The third-order valence-corrected chi connectivity index (χ3v) is 6.97. The topological polar surface area (TPSA) is 104 Å². The number of sulfonamides is 1. The molecule has 0 saturated heterocycles. The van der Waals surface area contributed by atoms with Crippen LogP contribution < -0.4 is 10.0 Å². The third-order valence-electron chi connectivity index (χ3n) is 5.24. The van der Waals surface area contributed by atoms with Crippen molar-refractivity contribution < 1.29 is 22.0 Å². The van der Waals surface area contributed by atoms with E-state index in [1.807, 2.05) is 12.1 Å². The van der Waals surface area contributed by atoms with Gasteiger partial charge < -0.3 is 10.3 Å². The van der Waals surface area contributed by atoms with Gasteiger partial charge in [0.2, 0.25) is 10.0 Å². The van der Waals surface area contributed by atoms with Gasteiger partial charge in [-0.3, -0.25) is 9.52 Å². The van der Waals surface area contributed by atoms with Gasteiger partial charge in [-0.1, -0.05) is 30.7 Å². The highest BCUT2D eigenvalue weighted by molar-refractivity contribution is 7.92. The molecule has 0 fully saturated rings. The molecule has 182 valence electrons. The lowest BCUT2D eigenvalue weighted by Crippen LogP contribution is -2.20. The number of aromatic nitrogens is 2. The maximum absolute atomic E-state index is 14.9. The molecule has 0 saturated carbocycles. The quantitative estimate of drug-likeness (QED) is 0.287. The molecule has 11 heteroatoms. The van der Waals surface area contributed by atoms with Crippen LogP contribution in [0.2, 0.25) is 5.02 Å². The van der Waals surface area contributed by atoms with Crippen LogP contribution in [0, 0.1) is 11.6 Å². The first-order valence-electron chi connectivity index (χ1n) is 10.7. The molecule has 3 N–H and O–H groups in total. The van der Waals surface area contributed by atoms with Crippen molar-refractivity contribution in [1.82, 2.24) is 9.97 Å². The van der Waals surface area contributed by atoms with Crippen molar-refractivity contribution in [1.29, 1.82) is 0 Å². The van der Waals surface area contributed by atoms with Crippen molar-refractivity contribution in [3.63, 3.8) is 0 Å². The summed E-state index contributed by atoms with van der Waals surface area (Å²) in [6.45, 7) is 1.65. The van der Waals surface area contributed by atoms with Crippen molar-refractivity contribution >= 4 is 49.9 Å². The molecule has 0 unspecified atom stereocenters. The number of rotatable bonds is 8. The second-order valence-electron chi connectivity index (χ2n) is 7.90. The Kier molecular flexibility index (Phi) is 7.04. The van der Waals surface area contributed by atoms with Crippen LogP contribution in [0.1, 0.15) is 34.8 Å². The zero-order valence-corrected chi connectivity index (χ0v) is 20.1. The molecule has 1 amide bonds. The van der Waals surface area contributed by atoms with E-state index >= 15 is 0 Å². The Morgan fingerprint density at radius 1 is 1.14 bits per heavy atom. The fourth-order valence-corrected chi connectivity index (χ4v) is 4.87. The van der Waals surface area contributed by atoms with Crippen LogP contribution in [0.15, 0.2) is 54.9 Å². The van der Waals surface area contributed by atoms with Crippen molar-refractivity contribution in [3.05, 3.63) is 88.2 Å². The molecule has 7 nitrogen and oxygen atoms in total. The predicted octanol–water partition coefficient (Wildman–Crippen LogP) is 5.49. The molecule has 0 spiro atoms. The van der Waals surface area contributed by atoms with E-state index in [0.717, 1.165) is 28.6 Å². The number of anilines is 2. The number of hydrogen-bond donors (Lipinski definition) is 3. The summed E-state index contributed by atoms with van der Waals surface area (Å²) in [5.41, 5.74) is 1.30. The molecule has 4 rings (SSSR count). The van der Waals surface area contributed by atoms with E-state index in [-0.39, 0.29) is 11.4 Å². The number of amides is 1. The summed E-state index contributed by atoms with van der Waals surface area (Å²) in [6.07, 6.45) is 4.02. The average Bonchev–Trinajstić information content (AvgIpc) is 3.19. The van der Waals surface area contributed by atoms with Crippen LogP contribution in [0.3, 0.4) is 0 Å². The summed E-state index contributed by atoms with van der Waals surface area (Å²) in [6, 6.07) is 10.8. The molecular formula is C24H21ClF2N4O3S. The summed E-state index contributed by atoms with van der Waals surface area (Å²) in [7, 11) is -3.84. The summed E-state index contributed by atoms with van der Waals surface area (Å²) in [5, 5.41) is 3.79. The molecule has 0 aliphatic heterocycles. The molecule has 4 aromatic rings. The summed E-state index contributed by atoms with van der Waals surface area (Å²) in [4.78, 5) is 20.1. The second-order valence-corrected chi connectivity index (χ2v) is 10.2. The number of H-pyrrole nitrogens is 1. The SMILES string of the molecule is CCCS(=O)(=O)Nc1ccc(F)c(C(=O)Nc2cnc3[nH]cc(Cc4ccc(Cl)cc4)c3c2)c1F. The standard InChI is InChI=1S/C24H21ClF2N4O3S/c1-2-9-35(33,34)31-20-8-7-19(26)21(22(20)27)24(32)30-17-11-18-15(12-28-23(18)29-13-17)10-14-3-5-16(25)6-4-14/h3-8,11-13,31H,2,9-10H2,1H3,(H,28,29)(H,30,32). The lowest BCUT2D eigenvalue weighted by molar-refractivity contribution is 0.101. The highest BCUT2D eigenvalue weighted by Crippen LogP contribution is 2.26.